The van der Waals surface area contributed by atoms with Crippen LogP contribution in [0.1, 0.15) is 119 Å². The van der Waals surface area contributed by atoms with Gasteiger partial charge in [-0.25, -0.2) is 4.79 Å². The van der Waals surface area contributed by atoms with Crippen molar-refractivity contribution in [1.29, 1.82) is 0 Å². The van der Waals surface area contributed by atoms with Crippen LogP contribution in [0, 0.1) is 46.8 Å². The summed E-state index contributed by atoms with van der Waals surface area (Å²) < 4.78 is 5.76. The Morgan fingerprint density at radius 3 is 2.45 bits per heavy atom. The standard InChI is InChI=1S/C34H62N2O2/c1-8-11-27-23-28(14-15-29(27)24-35-33(37)38-30-18-21-36(7)22-19-30)32-17-16-31(34(32,6)20-9-2)26(5)13-10-12-25(3)4/h14-15,25-32H,8-13,16-24H2,1-7H3,(H,35,37)/t26-,27?,28?,29?,31?,32?,34+/m1/s1. The molecule has 0 aromatic rings. The predicted molar refractivity (Wildman–Crippen MR) is 161 cm³/mol. The first kappa shape index (κ1) is 31.5. The number of hydrogen-bond acceptors (Lipinski definition) is 3. The number of amides is 1. The van der Waals surface area contributed by atoms with E-state index in [0.717, 1.165) is 49.6 Å². The van der Waals surface area contributed by atoms with E-state index in [1.54, 1.807) is 0 Å². The number of rotatable bonds is 13. The number of hydrogen-bond donors (Lipinski definition) is 1. The summed E-state index contributed by atoms with van der Waals surface area (Å²) in [7, 11) is 2.14. The van der Waals surface area contributed by atoms with Crippen molar-refractivity contribution >= 4 is 6.09 Å². The zero-order chi connectivity index (χ0) is 27.7. The number of allylic oxidation sites excluding steroid dienone is 1. The summed E-state index contributed by atoms with van der Waals surface area (Å²) in [4.78, 5) is 14.9. The van der Waals surface area contributed by atoms with E-state index < -0.39 is 0 Å². The molecule has 220 valence electrons. The zero-order valence-corrected chi connectivity index (χ0v) is 26.1. The number of alkyl carbamates (subject to hydrolysis) is 1. The average molecular weight is 531 g/mol. The Bertz CT molecular complexity index is 728. The summed E-state index contributed by atoms with van der Waals surface area (Å²) >= 11 is 0. The van der Waals surface area contributed by atoms with E-state index in [1.807, 2.05) is 0 Å². The molecule has 38 heavy (non-hydrogen) atoms. The van der Waals surface area contributed by atoms with Crippen molar-refractivity contribution in [3.63, 3.8) is 0 Å². The van der Waals surface area contributed by atoms with Crippen LogP contribution in [0.15, 0.2) is 12.2 Å². The Morgan fingerprint density at radius 1 is 1.05 bits per heavy atom. The summed E-state index contributed by atoms with van der Waals surface area (Å²) in [5.74, 6) is 5.11. The molecule has 2 aliphatic carbocycles. The van der Waals surface area contributed by atoms with Gasteiger partial charge in [0.25, 0.3) is 0 Å². The molecule has 4 nitrogen and oxygen atoms in total. The SMILES string of the molecule is CCCC1CC(C2CCC([C@H](C)CCCC(C)C)[C@]2(C)CCC)C=CC1CNC(=O)OC1CCN(C)CC1. The maximum atomic E-state index is 12.6. The number of nitrogens with zero attached hydrogens (tertiary/aromatic N) is 1. The molecule has 0 aromatic heterocycles. The zero-order valence-electron chi connectivity index (χ0n) is 26.1. The molecule has 1 saturated heterocycles. The third-order valence-corrected chi connectivity index (χ3v) is 10.8. The molecular formula is C34H62N2O2. The van der Waals surface area contributed by atoms with Gasteiger partial charge in [0.05, 0.1) is 0 Å². The number of carbonyl (C=O) groups is 1. The van der Waals surface area contributed by atoms with Gasteiger partial charge in [-0.1, -0.05) is 92.2 Å². The maximum Gasteiger partial charge on any atom is 0.407 e. The largest absolute Gasteiger partial charge is 0.446 e. The molecule has 1 aliphatic heterocycles. The lowest BCUT2D eigenvalue weighted by Crippen LogP contribution is -2.41. The Balaban J connectivity index is 1.60. The van der Waals surface area contributed by atoms with Crippen LogP contribution in [0.25, 0.3) is 0 Å². The van der Waals surface area contributed by atoms with E-state index >= 15 is 0 Å². The van der Waals surface area contributed by atoms with Crippen molar-refractivity contribution < 1.29 is 9.53 Å². The van der Waals surface area contributed by atoms with Crippen LogP contribution in [-0.4, -0.2) is 43.8 Å². The van der Waals surface area contributed by atoms with Crippen LogP contribution in [0.4, 0.5) is 4.79 Å². The summed E-state index contributed by atoms with van der Waals surface area (Å²) in [6.07, 6.45) is 20.2. The van der Waals surface area contributed by atoms with Gasteiger partial charge in [0.15, 0.2) is 0 Å². The smallest absolute Gasteiger partial charge is 0.407 e. The van der Waals surface area contributed by atoms with Gasteiger partial charge in [-0.2, -0.15) is 0 Å². The lowest BCUT2D eigenvalue weighted by Gasteiger charge is -2.45. The van der Waals surface area contributed by atoms with E-state index in [1.165, 1.54) is 64.2 Å². The van der Waals surface area contributed by atoms with Crippen molar-refractivity contribution in [2.45, 2.75) is 125 Å². The van der Waals surface area contributed by atoms with E-state index in [-0.39, 0.29) is 12.2 Å². The monoisotopic (exact) mass is 530 g/mol. The molecule has 1 heterocycles. The second kappa shape index (κ2) is 15.1. The molecule has 3 aliphatic rings. The molecule has 0 spiro atoms. The van der Waals surface area contributed by atoms with Crippen LogP contribution >= 0.6 is 0 Å². The minimum absolute atomic E-state index is 0.0724. The molecule has 5 unspecified atom stereocenters. The third kappa shape index (κ3) is 8.48. The highest BCUT2D eigenvalue weighted by Gasteiger charge is 2.50. The van der Waals surface area contributed by atoms with Crippen LogP contribution < -0.4 is 5.32 Å². The van der Waals surface area contributed by atoms with E-state index in [2.05, 4.69) is 71.0 Å². The van der Waals surface area contributed by atoms with Crippen LogP contribution in [0.2, 0.25) is 0 Å². The van der Waals surface area contributed by atoms with Crippen molar-refractivity contribution in [3.05, 3.63) is 12.2 Å². The van der Waals surface area contributed by atoms with Gasteiger partial charge in [0.1, 0.15) is 6.10 Å². The van der Waals surface area contributed by atoms with Gasteiger partial charge in [-0.15, -0.1) is 0 Å². The Hall–Kier alpha value is -1.03. The summed E-state index contributed by atoms with van der Waals surface area (Å²) in [5.41, 5.74) is 0.459. The number of nitrogens with one attached hydrogen (secondary N) is 1. The van der Waals surface area contributed by atoms with Crippen LogP contribution in [-0.2, 0) is 4.74 Å². The molecule has 1 amide bonds. The number of likely N-dealkylation sites (tertiary alicyclic amines) is 1. The fourth-order valence-corrected chi connectivity index (χ4v) is 8.67. The number of ether oxygens (including phenoxy) is 1. The normalized spacial score (nSPS) is 33.5. The average Bonchev–Trinajstić information content (AvgIpc) is 3.21. The predicted octanol–water partition coefficient (Wildman–Crippen LogP) is 8.71. The van der Waals surface area contributed by atoms with E-state index in [4.69, 9.17) is 4.74 Å². The first-order valence-electron chi connectivity index (χ1n) is 16.5. The quantitative estimate of drug-likeness (QED) is 0.242. The molecule has 0 aromatic carbocycles. The van der Waals surface area contributed by atoms with E-state index in [0.29, 0.717) is 29.7 Å². The van der Waals surface area contributed by atoms with Crippen LogP contribution in [0.5, 0.6) is 0 Å². The highest BCUT2D eigenvalue weighted by atomic mass is 16.6. The molecule has 4 heteroatoms. The highest BCUT2D eigenvalue weighted by Crippen LogP contribution is 2.58. The van der Waals surface area contributed by atoms with Crippen molar-refractivity contribution in [2.75, 3.05) is 26.7 Å². The summed E-state index contributed by atoms with van der Waals surface area (Å²) in [6, 6.07) is 0. The molecule has 3 rings (SSSR count). The van der Waals surface area contributed by atoms with Gasteiger partial charge in [0.2, 0.25) is 0 Å². The Labute approximate surface area is 236 Å². The van der Waals surface area contributed by atoms with Gasteiger partial charge >= 0.3 is 6.09 Å². The molecule has 1 N–H and O–H groups in total. The van der Waals surface area contributed by atoms with E-state index in [9.17, 15) is 4.79 Å². The lowest BCUT2D eigenvalue weighted by molar-refractivity contribution is 0.0543. The van der Waals surface area contributed by atoms with Crippen molar-refractivity contribution in [1.82, 2.24) is 10.2 Å². The summed E-state index contributed by atoms with van der Waals surface area (Å²) in [5, 5.41) is 3.14. The first-order chi connectivity index (χ1) is 18.2. The third-order valence-electron chi connectivity index (χ3n) is 10.8. The van der Waals surface area contributed by atoms with Gasteiger partial charge in [-0.3, -0.25) is 0 Å². The lowest BCUT2D eigenvalue weighted by atomic mass is 9.60. The second-order valence-electron chi connectivity index (χ2n) is 14.1. The minimum atomic E-state index is -0.217. The fraction of sp³-hybridized carbons (Fsp3) is 0.912. The molecule has 2 fully saturated rings. The Kier molecular flexibility index (Phi) is 12.5. The fourth-order valence-electron chi connectivity index (χ4n) is 8.67. The molecule has 7 atom stereocenters. The van der Waals surface area contributed by atoms with Gasteiger partial charge in [-0.05, 0) is 92.4 Å². The van der Waals surface area contributed by atoms with Crippen LogP contribution in [0.3, 0.4) is 0 Å². The highest BCUT2D eigenvalue weighted by molar-refractivity contribution is 5.67. The second-order valence-corrected chi connectivity index (χ2v) is 14.1. The molecular weight excluding hydrogens is 468 g/mol. The Morgan fingerprint density at radius 2 is 1.79 bits per heavy atom. The molecule has 1 saturated carbocycles. The first-order valence-corrected chi connectivity index (χ1v) is 16.5. The van der Waals surface area contributed by atoms with Crippen molar-refractivity contribution in [2.24, 2.45) is 46.8 Å². The minimum Gasteiger partial charge on any atom is -0.446 e. The molecule has 0 radical (unpaired) electrons. The summed E-state index contributed by atoms with van der Waals surface area (Å²) in [6.45, 7) is 17.4. The number of carbonyl (C=O) groups excluding carboxylic acids is 1. The van der Waals surface area contributed by atoms with Crippen molar-refractivity contribution in [3.8, 4) is 0 Å². The number of piperidine rings is 1. The molecule has 0 bridgehead atoms. The van der Waals surface area contributed by atoms with Gasteiger partial charge in [0, 0.05) is 19.6 Å². The maximum absolute atomic E-state index is 12.6. The van der Waals surface area contributed by atoms with Gasteiger partial charge < -0.3 is 15.0 Å². The topological polar surface area (TPSA) is 41.6 Å².